The molecule has 286 valence electrons. The van der Waals surface area contributed by atoms with Gasteiger partial charge in [-0.2, -0.15) is 0 Å². The van der Waals surface area contributed by atoms with E-state index >= 15 is 0 Å². The molecule has 2 heteroatoms. The summed E-state index contributed by atoms with van der Waals surface area (Å²) < 4.78 is 0. The summed E-state index contributed by atoms with van der Waals surface area (Å²) in [7, 11) is 0. The molecule has 0 bridgehead atoms. The highest BCUT2D eigenvalue weighted by atomic mass is 14.8. The predicted octanol–water partition coefficient (Wildman–Crippen LogP) is 16.5. The van der Waals surface area contributed by atoms with E-state index in [4.69, 9.17) is 9.97 Å². The third-order valence-electron chi connectivity index (χ3n) is 11.0. The van der Waals surface area contributed by atoms with Crippen molar-refractivity contribution >= 4 is 0 Å². The molecule has 0 spiro atoms. The topological polar surface area (TPSA) is 25.8 Å². The molecule has 2 aromatic heterocycles. The number of rotatable bonds is 37. The summed E-state index contributed by atoms with van der Waals surface area (Å²) in [6.07, 6.45) is 54.9. The SMILES string of the molecule is CCCCCCCCCCCCCCCCCCCc1ccc(-c2ccc(CCCCCCCCCCCCCCCCCCC)cn2)nc1. The molecular weight excluding hydrogens is 605 g/mol. The van der Waals surface area contributed by atoms with Crippen LogP contribution in [0.3, 0.4) is 0 Å². The molecule has 0 aliphatic rings. The molecule has 0 aliphatic carbocycles. The van der Waals surface area contributed by atoms with Gasteiger partial charge in [-0.05, 0) is 48.9 Å². The molecule has 0 amide bonds. The van der Waals surface area contributed by atoms with Gasteiger partial charge in [0.05, 0.1) is 11.4 Å². The van der Waals surface area contributed by atoms with Crippen LogP contribution < -0.4 is 0 Å². The van der Waals surface area contributed by atoms with Crippen molar-refractivity contribution in [1.29, 1.82) is 0 Å². The van der Waals surface area contributed by atoms with Crippen LogP contribution in [0.5, 0.6) is 0 Å². The molecule has 0 saturated heterocycles. The summed E-state index contributed by atoms with van der Waals surface area (Å²) in [4.78, 5) is 9.52. The van der Waals surface area contributed by atoms with Gasteiger partial charge in [0.25, 0.3) is 0 Å². The Hall–Kier alpha value is -1.70. The van der Waals surface area contributed by atoms with Gasteiger partial charge in [-0.1, -0.05) is 231 Å². The number of unbranched alkanes of at least 4 members (excludes halogenated alkanes) is 32. The fraction of sp³-hybridized carbons (Fsp3) is 0.792. The average molecular weight is 689 g/mol. The summed E-state index contributed by atoms with van der Waals surface area (Å²) >= 11 is 0. The first-order chi connectivity index (χ1) is 24.8. The number of nitrogens with zero attached hydrogens (tertiary/aromatic N) is 2. The maximum Gasteiger partial charge on any atom is 0.0886 e. The number of hydrogen-bond acceptors (Lipinski definition) is 2. The van der Waals surface area contributed by atoms with E-state index < -0.39 is 0 Å². The molecule has 0 saturated carbocycles. The van der Waals surface area contributed by atoms with E-state index in [9.17, 15) is 0 Å². The van der Waals surface area contributed by atoms with Crippen LogP contribution in [-0.4, -0.2) is 9.97 Å². The highest BCUT2D eigenvalue weighted by Crippen LogP contribution is 2.19. The van der Waals surface area contributed by atoms with Crippen LogP contribution in [0.2, 0.25) is 0 Å². The van der Waals surface area contributed by atoms with Gasteiger partial charge in [0.15, 0.2) is 0 Å². The Bertz CT molecular complexity index is 870. The largest absolute Gasteiger partial charge is 0.254 e. The number of pyridine rings is 2. The van der Waals surface area contributed by atoms with E-state index in [2.05, 4.69) is 50.5 Å². The van der Waals surface area contributed by atoms with Crippen LogP contribution >= 0.6 is 0 Å². The Morgan fingerprint density at radius 3 is 0.700 bits per heavy atom. The van der Waals surface area contributed by atoms with E-state index in [1.165, 1.54) is 229 Å². The van der Waals surface area contributed by atoms with Crippen molar-refractivity contribution in [3.63, 3.8) is 0 Å². The van der Waals surface area contributed by atoms with E-state index in [1.54, 1.807) is 0 Å². The third-order valence-corrected chi connectivity index (χ3v) is 11.0. The normalized spacial score (nSPS) is 11.5. The molecule has 0 aromatic carbocycles. The van der Waals surface area contributed by atoms with Crippen molar-refractivity contribution in [3.05, 3.63) is 47.8 Å². The lowest BCUT2D eigenvalue weighted by Gasteiger charge is -2.06. The molecule has 0 unspecified atom stereocenters. The fourth-order valence-corrected chi connectivity index (χ4v) is 7.56. The highest BCUT2D eigenvalue weighted by molar-refractivity contribution is 5.54. The Morgan fingerprint density at radius 2 is 0.500 bits per heavy atom. The minimum absolute atomic E-state index is 1.00. The Morgan fingerprint density at radius 1 is 0.280 bits per heavy atom. The lowest BCUT2D eigenvalue weighted by Crippen LogP contribution is -1.93. The van der Waals surface area contributed by atoms with Crippen LogP contribution in [-0.2, 0) is 12.8 Å². The number of aryl methyl sites for hydroxylation is 2. The lowest BCUT2D eigenvalue weighted by molar-refractivity contribution is 0.527. The molecule has 0 radical (unpaired) electrons. The first-order valence-electron chi connectivity index (χ1n) is 22.7. The van der Waals surface area contributed by atoms with Crippen molar-refractivity contribution in [2.45, 2.75) is 245 Å². The molecule has 2 nitrogen and oxygen atoms in total. The third kappa shape index (κ3) is 26.1. The van der Waals surface area contributed by atoms with Crippen molar-refractivity contribution in [3.8, 4) is 11.4 Å². The number of hydrogen-bond donors (Lipinski definition) is 0. The van der Waals surface area contributed by atoms with Gasteiger partial charge in [-0.25, -0.2) is 0 Å². The second-order valence-electron chi connectivity index (χ2n) is 15.9. The van der Waals surface area contributed by atoms with E-state index in [0.717, 1.165) is 24.2 Å². The van der Waals surface area contributed by atoms with Crippen molar-refractivity contribution in [1.82, 2.24) is 9.97 Å². The minimum Gasteiger partial charge on any atom is -0.254 e. The molecular formula is C48H84N2. The highest BCUT2D eigenvalue weighted by Gasteiger charge is 2.04. The summed E-state index contributed by atoms with van der Waals surface area (Å²) in [6.45, 7) is 4.61. The summed E-state index contributed by atoms with van der Waals surface area (Å²) in [5, 5.41) is 0. The van der Waals surface area contributed by atoms with Crippen LogP contribution in [0.15, 0.2) is 36.7 Å². The standard InChI is InChI=1S/C48H84N2/c1-3-5-7-9-11-13-15-17-19-21-23-25-27-29-31-33-35-37-45-39-41-47(49-43-45)48-42-40-46(44-50-48)38-36-34-32-30-28-26-24-22-20-18-16-14-12-10-8-6-4-2/h39-44H,3-38H2,1-2H3. The second kappa shape index (κ2) is 34.4. The van der Waals surface area contributed by atoms with Gasteiger partial charge in [-0.15, -0.1) is 0 Å². The summed E-state index contributed by atoms with van der Waals surface area (Å²) in [6, 6.07) is 8.87. The zero-order valence-corrected chi connectivity index (χ0v) is 33.8. The maximum absolute atomic E-state index is 4.76. The molecule has 50 heavy (non-hydrogen) atoms. The number of aromatic nitrogens is 2. The van der Waals surface area contributed by atoms with Gasteiger partial charge in [0, 0.05) is 12.4 Å². The Balaban J connectivity index is 1.37. The molecule has 0 N–H and O–H groups in total. The molecule has 2 heterocycles. The minimum atomic E-state index is 1.00. The Labute approximate surface area is 313 Å². The van der Waals surface area contributed by atoms with Gasteiger partial charge in [-0.3, -0.25) is 9.97 Å². The van der Waals surface area contributed by atoms with E-state index in [-0.39, 0.29) is 0 Å². The van der Waals surface area contributed by atoms with Gasteiger partial charge >= 0.3 is 0 Å². The quantitative estimate of drug-likeness (QED) is 0.0660. The lowest BCUT2D eigenvalue weighted by atomic mass is 10.0. The summed E-state index contributed by atoms with van der Waals surface area (Å²) in [5.74, 6) is 0. The zero-order chi connectivity index (χ0) is 35.4. The van der Waals surface area contributed by atoms with Crippen LogP contribution in [0.25, 0.3) is 11.4 Å². The summed E-state index contributed by atoms with van der Waals surface area (Å²) in [5.41, 5.74) is 4.73. The molecule has 2 aromatic rings. The first-order valence-corrected chi connectivity index (χ1v) is 22.7. The molecule has 0 fully saturated rings. The van der Waals surface area contributed by atoms with Crippen molar-refractivity contribution in [2.75, 3.05) is 0 Å². The second-order valence-corrected chi connectivity index (χ2v) is 15.9. The fourth-order valence-electron chi connectivity index (χ4n) is 7.56. The van der Waals surface area contributed by atoms with Crippen molar-refractivity contribution in [2.24, 2.45) is 0 Å². The first kappa shape index (κ1) is 44.5. The Kier molecular flexibility index (Phi) is 30.6. The van der Waals surface area contributed by atoms with Crippen LogP contribution in [0.1, 0.15) is 243 Å². The van der Waals surface area contributed by atoms with Gasteiger partial charge in [0.2, 0.25) is 0 Å². The van der Waals surface area contributed by atoms with Crippen molar-refractivity contribution < 1.29 is 0 Å². The molecule has 0 atom stereocenters. The molecule has 0 aliphatic heterocycles. The van der Waals surface area contributed by atoms with E-state index in [0.29, 0.717) is 0 Å². The van der Waals surface area contributed by atoms with E-state index in [1.807, 2.05) is 0 Å². The smallest absolute Gasteiger partial charge is 0.0886 e. The van der Waals surface area contributed by atoms with Gasteiger partial charge in [0.1, 0.15) is 0 Å². The van der Waals surface area contributed by atoms with Crippen LogP contribution in [0, 0.1) is 0 Å². The van der Waals surface area contributed by atoms with Crippen LogP contribution in [0.4, 0.5) is 0 Å². The zero-order valence-electron chi connectivity index (χ0n) is 33.8. The molecule has 2 rings (SSSR count). The maximum atomic E-state index is 4.76. The monoisotopic (exact) mass is 689 g/mol. The average Bonchev–Trinajstić information content (AvgIpc) is 3.14. The predicted molar refractivity (Wildman–Crippen MR) is 223 cm³/mol. The van der Waals surface area contributed by atoms with Gasteiger partial charge < -0.3 is 0 Å².